The average Bonchev–Trinajstić information content (AvgIpc) is 2.44. The van der Waals surface area contributed by atoms with Gasteiger partial charge in [-0.2, -0.15) is 4.31 Å². The van der Waals surface area contributed by atoms with Crippen LogP contribution in [0.2, 0.25) is 5.02 Å². The van der Waals surface area contributed by atoms with Crippen LogP contribution in [0, 0.1) is 0 Å². The summed E-state index contributed by atoms with van der Waals surface area (Å²) in [7, 11) is -1.03. The second-order valence-corrected chi connectivity index (χ2v) is 9.08. The van der Waals surface area contributed by atoms with Gasteiger partial charge in [-0.05, 0) is 45.9 Å². The highest BCUT2D eigenvalue weighted by molar-refractivity contribution is 7.89. The molecule has 9 heteroatoms. The number of halogens is 1. The van der Waals surface area contributed by atoms with Crippen LogP contribution in [0.1, 0.15) is 27.7 Å². The first-order valence-electron chi connectivity index (χ1n) is 7.66. The van der Waals surface area contributed by atoms with Gasteiger partial charge in [0.15, 0.2) is 0 Å². The van der Waals surface area contributed by atoms with Gasteiger partial charge >= 0.3 is 6.09 Å². The molecule has 0 aliphatic carbocycles. The molecule has 1 aromatic rings. The van der Waals surface area contributed by atoms with Crippen LogP contribution in [0.3, 0.4) is 0 Å². The third-order valence-corrected chi connectivity index (χ3v) is 5.19. The summed E-state index contributed by atoms with van der Waals surface area (Å²) in [6.07, 6.45) is -0.605. The van der Waals surface area contributed by atoms with E-state index in [9.17, 15) is 13.2 Å². The maximum Gasteiger partial charge on any atom is 0.407 e. The maximum atomic E-state index is 12.8. The molecule has 1 atom stereocenters. The zero-order chi connectivity index (χ0) is 19.4. The predicted molar refractivity (Wildman–Crippen MR) is 96.7 cm³/mol. The van der Waals surface area contributed by atoms with Crippen LogP contribution >= 0.6 is 11.6 Å². The first-order valence-corrected chi connectivity index (χ1v) is 9.48. The Balaban J connectivity index is 2.87. The third kappa shape index (κ3) is 6.37. The monoisotopic (exact) mass is 392 g/mol. The molecule has 0 fully saturated rings. The lowest BCUT2D eigenvalue weighted by Crippen LogP contribution is -2.44. The van der Waals surface area contributed by atoms with E-state index in [1.807, 2.05) is 0 Å². The molecule has 1 rings (SSSR count). The number of likely N-dealkylation sites (N-methyl/N-ethyl adjacent to an activating group) is 1. The minimum atomic E-state index is -3.84. The van der Waals surface area contributed by atoms with Crippen molar-refractivity contribution in [2.45, 2.75) is 44.2 Å². The standard InChI is InChI=1S/C16H25ClN2O5S/c1-11(18-15(20)24-16(2,3)4)10-19(5)25(21,22)14-9-12(17)7-8-13(14)23-6/h7-9,11H,10H2,1-6H3,(H,18,20)/t11-/m1/s1. The first-order chi connectivity index (χ1) is 11.4. The highest BCUT2D eigenvalue weighted by Crippen LogP contribution is 2.29. The summed E-state index contributed by atoms with van der Waals surface area (Å²) in [6, 6.07) is 3.91. The molecule has 25 heavy (non-hydrogen) atoms. The highest BCUT2D eigenvalue weighted by Gasteiger charge is 2.27. The van der Waals surface area contributed by atoms with Gasteiger partial charge in [-0.15, -0.1) is 0 Å². The minimum absolute atomic E-state index is 0.0329. The fraction of sp³-hybridized carbons (Fsp3) is 0.562. The van der Waals surface area contributed by atoms with Gasteiger partial charge in [0.1, 0.15) is 16.2 Å². The molecule has 7 nitrogen and oxygen atoms in total. The normalized spacial score (nSPS) is 13.4. The number of nitrogens with one attached hydrogen (secondary N) is 1. The summed E-state index contributed by atoms with van der Waals surface area (Å²) in [6.45, 7) is 6.99. The van der Waals surface area contributed by atoms with Crippen molar-refractivity contribution in [3.63, 3.8) is 0 Å². The van der Waals surface area contributed by atoms with E-state index in [0.29, 0.717) is 0 Å². The number of benzene rings is 1. The summed E-state index contributed by atoms with van der Waals surface area (Å²) in [5.41, 5.74) is -0.629. The number of amides is 1. The molecule has 0 unspecified atom stereocenters. The number of alkyl carbamates (subject to hydrolysis) is 1. The van der Waals surface area contributed by atoms with E-state index in [1.54, 1.807) is 33.8 Å². The maximum absolute atomic E-state index is 12.8. The van der Waals surface area contributed by atoms with Crippen molar-refractivity contribution in [3.05, 3.63) is 23.2 Å². The summed E-state index contributed by atoms with van der Waals surface area (Å²) >= 11 is 5.91. The zero-order valence-electron chi connectivity index (χ0n) is 15.3. The summed E-state index contributed by atoms with van der Waals surface area (Å²) in [5, 5.41) is 2.89. The Morgan fingerprint density at radius 1 is 1.36 bits per heavy atom. The number of nitrogens with zero attached hydrogens (tertiary/aromatic N) is 1. The van der Waals surface area contributed by atoms with E-state index in [4.69, 9.17) is 21.1 Å². The van der Waals surface area contributed by atoms with Crippen LogP contribution in [0.4, 0.5) is 4.79 Å². The first kappa shape index (κ1) is 21.5. The molecule has 0 aromatic heterocycles. The zero-order valence-corrected chi connectivity index (χ0v) is 16.9. The van der Waals surface area contributed by atoms with Crippen molar-refractivity contribution in [3.8, 4) is 5.75 Å². The molecule has 0 aliphatic heterocycles. The number of ether oxygens (including phenoxy) is 2. The smallest absolute Gasteiger partial charge is 0.407 e. The molecule has 1 amide bonds. The van der Waals surface area contributed by atoms with Gasteiger partial charge in [0.05, 0.1) is 7.11 Å². The molecule has 142 valence electrons. The van der Waals surface area contributed by atoms with Crippen molar-refractivity contribution in [2.24, 2.45) is 0 Å². The molecule has 0 aliphatic rings. The van der Waals surface area contributed by atoms with Gasteiger partial charge in [-0.25, -0.2) is 13.2 Å². The second-order valence-electron chi connectivity index (χ2n) is 6.63. The summed E-state index contributed by atoms with van der Waals surface area (Å²) in [4.78, 5) is 11.7. The Bertz CT molecular complexity index is 716. The molecule has 1 aromatic carbocycles. The van der Waals surface area contributed by atoms with Crippen molar-refractivity contribution in [1.82, 2.24) is 9.62 Å². The van der Waals surface area contributed by atoms with Crippen LogP contribution in [-0.4, -0.2) is 51.2 Å². The molecule has 0 saturated heterocycles. The van der Waals surface area contributed by atoms with Crippen LogP contribution in [0.5, 0.6) is 5.75 Å². The van der Waals surface area contributed by atoms with E-state index in [1.165, 1.54) is 26.3 Å². The van der Waals surface area contributed by atoms with E-state index < -0.39 is 27.8 Å². The largest absolute Gasteiger partial charge is 0.495 e. The number of hydrogen-bond donors (Lipinski definition) is 1. The quantitative estimate of drug-likeness (QED) is 0.804. The van der Waals surface area contributed by atoms with Crippen molar-refractivity contribution >= 4 is 27.7 Å². The Morgan fingerprint density at radius 2 is 1.96 bits per heavy atom. The van der Waals surface area contributed by atoms with Gasteiger partial charge in [0, 0.05) is 24.7 Å². The van der Waals surface area contributed by atoms with E-state index in [-0.39, 0.29) is 22.2 Å². The molecule has 0 spiro atoms. The topological polar surface area (TPSA) is 84.9 Å². The van der Waals surface area contributed by atoms with Gasteiger partial charge in [-0.1, -0.05) is 11.6 Å². The molecular weight excluding hydrogens is 368 g/mol. The van der Waals surface area contributed by atoms with Crippen molar-refractivity contribution < 1.29 is 22.7 Å². The Morgan fingerprint density at radius 3 is 2.48 bits per heavy atom. The lowest BCUT2D eigenvalue weighted by Gasteiger charge is -2.25. The third-order valence-electron chi connectivity index (χ3n) is 3.11. The molecule has 0 radical (unpaired) electrons. The SMILES string of the molecule is COc1ccc(Cl)cc1S(=O)(=O)N(C)C[C@@H](C)NC(=O)OC(C)(C)C. The van der Waals surface area contributed by atoms with E-state index >= 15 is 0 Å². The van der Waals surface area contributed by atoms with Crippen molar-refractivity contribution in [2.75, 3.05) is 20.7 Å². The van der Waals surface area contributed by atoms with Crippen LogP contribution in [0.25, 0.3) is 0 Å². The molecule has 0 heterocycles. The Labute approximate surface area is 154 Å². The van der Waals surface area contributed by atoms with Crippen LogP contribution < -0.4 is 10.1 Å². The average molecular weight is 393 g/mol. The second kappa shape index (κ2) is 8.25. The predicted octanol–water partition coefficient (Wildman–Crippen LogP) is 2.88. The van der Waals surface area contributed by atoms with Gasteiger partial charge in [0.2, 0.25) is 10.0 Å². The Hall–Kier alpha value is -1.51. The summed E-state index contributed by atoms with van der Waals surface area (Å²) < 4.78 is 36.9. The highest BCUT2D eigenvalue weighted by atomic mass is 35.5. The van der Waals surface area contributed by atoms with Crippen LogP contribution in [-0.2, 0) is 14.8 Å². The molecule has 0 saturated carbocycles. The summed E-state index contributed by atoms with van der Waals surface area (Å²) in [5.74, 6) is 0.198. The molecular formula is C16H25ClN2O5S. The number of methoxy groups -OCH3 is 1. The number of hydrogen-bond acceptors (Lipinski definition) is 5. The number of carbonyl (C=O) groups is 1. The number of carbonyl (C=O) groups excluding carboxylic acids is 1. The van der Waals surface area contributed by atoms with Gasteiger partial charge in [0.25, 0.3) is 0 Å². The molecule has 1 N–H and O–H groups in total. The minimum Gasteiger partial charge on any atom is -0.495 e. The number of rotatable bonds is 6. The van der Waals surface area contributed by atoms with E-state index in [2.05, 4.69) is 5.32 Å². The van der Waals surface area contributed by atoms with Crippen molar-refractivity contribution in [1.29, 1.82) is 0 Å². The Kier molecular flexibility index (Phi) is 7.10. The van der Waals surface area contributed by atoms with E-state index in [0.717, 1.165) is 4.31 Å². The van der Waals surface area contributed by atoms with Gasteiger partial charge in [-0.3, -0.25) is 0 Å². The fourth-order valence-corrected chi connectivity index (χ4v) is 3.73. The number of sulfonamides is 1. The van der Waals surface area contributed by atoms with Crippen LogP contribution in [0.15, 0.2) is 23.1 Å². The molecule has 0 bridgehead atoms. The lowest BCUT2D eigenvalue weighted by atomic mass is 10.2. The van der Waals surface area contributed by atoms with Gasteiger partial charge < -0.3 is 14.8 Å². The fourth-order valence-electron chi connectivity index (χ4n) is 2.06. The lowest BCUT2D eigenvalue weighted by molar-refractivity contribution is 0.0504.